The second kappa shape index (κ2) is 7.60. The van der Waals surface area contributed by atoms with Gasteiger partial charge in [-0.15, -0.1) is 0 Å². The number of benzene rings is 2. The summed E-state index contributed by atoms with van der Waals surface area (Å²) in [6.45, 7) is 6.78. The average molecular weight is 352 g/mol. The molecule has 0 aromatic heterocycles. The van der Waals surface area contributed by atoms with Crippen molar-refractivity contribution in [2.24, 2.45) is 5.92 Å². The quantitative estimate of drug-likeness (QED) is 0.893. The zero-order valence-electron chi connectivity index (χ0n) is 15.4. The van der Waals surface area contributed by atoms with Gasteiger partial charge >= 0.3 is 0 Å². The van der Waals surface area contributed by atoms with Crippen molar-refractivity contribution in [3.63, 3.8) is 0 Å². The lowest BCUT2D eigenvalue weighted by Crippen LogP contribution is -2.28. The number of carbonyl (C=O) groups is 2. The maximum absolute atomic E-state index is 12.7. The Hall–Kier alpha value is -2.82. The van der Waals surface area contributed by atoms with Gasteiger partial charge in [0, 0.05) is 18.7 Å². The van der Waals surface area contributed by atoms with Gasteiger partial charge < -0.3 is 15.0 Å². The van der Waals surface area contributed by atoms with Crippen molar-refractivity contribution in [2.45, 2.75) is 27.2 Å². The third-order valence-corrected chi connectivity index (χ3v) is 4.81. The predicted octanol–water partition coefficient (Wildman–Crippen LogP) is 3.69. The third kappa shape index (κ3) is 3.57. The van der Waals surface area contributed by atoms with E-state index < -0.39 is 0 Å². The largest absolute Gasteiger partial charge is 0.492 e. The summed E-state index contributed by atoms with van der Waals surface area (Å²) in [4.78, 5) is 26.9. The first kappa shape index (κ1) is 18.0. The number of carbonyl (C=O) groups excluding carboxylic acids is 2. The van der Waals surface area contributed by atoms with E-state index in [-0.39, 0.29) is 24.2 Å². The Kier molecular flexibility index (Phi) is 5.26. The van der Waals surface area contributed by atoms with Crippen LogP contribution in [0, 0.1) is 19.8 Å². The molecular weight excluding hydrogens is 328 g/mol. The van der Waals surface area contributed by atoms with Crippen molar-refractivity contribution in [1.29, 1.82) is 0 Å². The van der Waals surface area contributed by atoms with Crippen LogP contribution in [0.25, 0.3) is 0 Å². The molecule has 0 radical (unpaired) electrons. The minimum Gasteiger partial charge on any atom is -0.492 e. The molecule has 136 valence electrons. The summed E-state index contributed by atoms with van der Waals surface area (Å²) >= 11 is 0. The molecule has 5 nitrogen and oxygen atoms in total. The molecule has 1 fully saturated rings. The Morgan fingerprint density at radius 1 is 1.19 bits per heavy atom. The van der Waals surface area contributed by atoms with Gasteiger partial charge in [0.05, 0.1) is 18.2 Å². The second-order valence-electron chi connectivity index (χ2n) is 6.54. The first-order valence-corrected chi connectivity index (χ1v) is 8.90. The van der Waals surface area contributed by atoms with Gasteiger partial charge in [0.2, 0.25) is 11.8 Å². The highest BCUT2D eigenvalue weighted by atomic mass is 16.5. The summed E-state index contributed by atoms with van der Waals surface area (Å²) in [6, 6.07) is 13.3. The summed E-state index contributed by atoms with van der Waals surface area (Å²) in [5, 5.41) is 2.98. The average Bonchev–Trinajstić information content (AvgIpc) is 3.01. The lowest BCUT2D eigenvalue weighted by atomic mass is 10.1. The van der Waals surface area contributed by atoms with Crippen molar-refractivity contribution in [2.75, 3.05) is 23.4 Å². The normalized spacial score (nSPS) is 16.7. The van der Waals surface area contributed by atoms with E-state index in [0.29, 0.717) is 18.9 Å². The minimum atomic E-state index is -0.378. The van der Waals surface area contributed by atoms with Crippen molar-refractivity contribution in [3.8, 4) is 5.75 Å². The molecule has 1 heterocycles. The number of amides is 2. The number of nitrogens with zero attached hydrogens (tertiary/aromatic N) is 1. The number of hydrogen-bond donors (Lipinski definition) is 1. The summed E-state index contributed by atoms with van der Waals surface area (Å²) in [6.07, 6.45) is 0.206. The van der Waals surface area contributed by atoms with Crippen LogP contribution in [0.3, 0.4) is 0 Å². The predicted molar refractivity (Wildman–Crippen MR) is 103 cm³/mol. The summed E-state index contributed by atoms with van der Waals surface area (Å²) in [5.74, 6) is 0.109. The van der Waals surface area contributed by atoms with Crippen LogP contribution in [0.4, 0.5) is 11.4 Å². The van der Waals surface area contributed by atoms with Gasteiger partial charge in [-0.1, -0.05) is 24.3 Å². The first-order chi connectivity index (χ1) is 12.5. The maximum Gasteiger partial charge on any atom is 0.229 e. The molecule has 1 saturated heterocycles. The Balaban J connectivity index is 1.75. The molecule has 0 spiro atoms. The van der Waals surface area contributed by atoms with Crippen LogP contribution in [0.1, 0.15) is 24.5 Å². The van der Waals surface area contributed by atoms with E-state index in [1.807, 2.05) is 63.2 Å². The molecule has 0 aliphatic carbocycles. The Morgan fingerprint density at radius 2 is 1.96 bits per heavy atom. The monoisotopic (exact) mass is 352 g/mol. The van der Waals surface area contributed by atoms with Crippen LogP contribution in [-0.4, -0.2) is 25.0 Å². The number of anilines is 2. The van der Waals surface area contributed by atoms with E-state index in [1.165, 1.54) is 0 Å². The lowest BCUT2D eigenvalue weighted by molar-refractivity contribution is -0.122. The van der Waals surface area contributed by atoms with Crippen molar-refractivity contribution in [1.82, 2.24) is 0 Å². The van der Waals surface area contributed by atoms with Crippen LogP contribution in [-0.2, 0) is 9.59 Å². The number of rotatable bonds is 5. The second-order valence-corrected chi connectivity index (χ2v) is 6.54. The van der Waals surface area contributed by atoms with E-state index in [1.54, 1.807) is 4.90 Å². The van der Waals surface area contributed by atoms with Crippen molar-refractivity contribution in [3.05, 3.63) is 53.6 Å². The molecular formula is C21H24N2O3. The zero-order chi connectivity index (χ0) is 18.7. The summed E-state index contributed by atoms with van der Waals surface area (Å²) in [7, 11) is 0. The van der Waals surface area contributed by atoms with Crippen LogP contribution in [0.15, 0.2) is 42.5 Å². The first-order valence-electron chi connectivity index (χ1n) is 8.90. The van der Waals surface area contributed by atoms with Gasteiger partial charge in [-0.2, -0.15) is 0 Å². The molecule has 2 aromatic rings. The molecule has 1 aliphatic rings. The molecule has 2 amide bonds. The molecule has 26 heavy (non-hydrogen) atoms. The highest BCUT2D eigenvalue weighted by Crippen LogP contribution is 2.33. The number of ether oxygens (including phenoxy) is 1. The Labute approximate surface area is 154 Å². The fourth-order valence-electron chi connectivity index (χ4n) is 3.20. The van der Waals surface area contributed by atoms with Gasteiger partial charge in [0.1, 0.15) is 5.75 Å². The van der Waals surface area contributed by atoms with Crippen LogP contribution >= 0.6 is 0 Å². The number of hydrogen-bond acceptors (Lipinski definition) is 3. The molecule has 2 aromatic carbocycles. The van der Waals surface area contributed by atoms with E-state index in [0.717, 1.165) is 22.5 Å². The smallest absolute Gasteiger partial charge is 0.229 e. The molecule has 0 saturated carbocycles. The fourth-order valence-corrected chi connectivity index (χ4v) is 3.20. The van der Waals surface area contributed by atoms with Crippen LogP contribution < -0.4 is 15.0 Å². The molecule has 1 N–H and O–H groups in total. The fraction of sp³-hybridized carbons (Fsp3) is 0.333. The zero-order valence-corrected chi connectivity index (χ0v) is 15.4. The summed E-state index contributed by atoms with van der Waals surface area (Å²) in [5.41, 5.74) is 3.69. The number of aryl methyl sites for hydroxylation is 1. The topological polar surface area (TPSA) is 58.6 Å². The number of nitrogens with one attached hydrogen (secondary N) is 1. The van der Waals surface area contributed by atoms with Gasteiger partial charge in [-0.05, 0) is 50.1 Å². The van der Waals surface area contributed by atoms with E-state index >= 15 is 0 Å². The highest BCUT2D eigenvalue weighted by Gasteiger charge is 2.36. The molecule has 5 heteroatoms. The Bertz CT molecular complexity index is 832. The molecule has 0 unspecified atom stereocenters. The standard InChI is InChI=1S/C21H24N2O3/c1-4-26-19-11-6-5-10-18(19)23-13-16(12-20(23)24)21(25)22-17-9-7-8-14(2)15(17)3/h5-11,16H,4,12-13H2,1-3H3,(H,22,25)/t16-/m1/s1. The minimum absolute atomic E-state index is 0.0572. The summed E-state index contributed by atoms with van der Waals surface area (Å²) < 4.78 is 5.62. The molecule has 3 rings (SSSR count). The van der Waals surface area contributed by atoms with Crippen LogP contribution in [0.2, 0.25) is 0 Å². The molecule has 1 atom stereocenters. The number of para-hydroxylation sites is 2. The van der Waals surface area contributed by atoms with Gasteiger partial charge in [0.25, 0.3) is 0 Å². The van der Waals surface area contributed by atoms with Gasteiger partial charge in [-0.25, -0.2) is 0 Å². The van der Waals surface area contributed by atoms with Crippen LogP contribution in [0.5, 0.6) is 5.75 Å². The van der Waals surface area contributed by atoms with Gasteiger partial charge in [0.15, 0.2) is 0 Å². The highest BCUT2D eigenvalue weighted by molar-refractivity contribution is 6.04. The maximum atomic E-state index is 12.7. The lowest BCUT2D eigenvalue weighted by Gasteiger charge is -2.20. The van der Waals surface area contributed by atoms with Gasteiger partial charge in [-0.3, -0.25) is 9.59 Å². The van der Waals surface area contributed by atoms with E-state index in [2.05, 4.69) is 5.32 Å². The van der Waals surface area contributed by atoms with E-state index in [9.17, 15) is 9.59 Å². The van der Waals surface area contributed by atoms with Crippen molar-refractivity contribution >= 4 is 23.2 Å². The SMILES string of the molecule is CCOc1ccccc1N1C[C@H](C(=O)Nc2cccc(C)c2C)CC1=O. The Morgan fingerprint density at radius 3 is 2.73 bits per heavy atom. The molecule has 1 aliphatic heterocycles. The molecule has 0 bridgehead atoms. The van der Waals surface area contributed by atoms with Crippen molar-refractivity contribution < 1.29 is 14.3 Å². The van der Waals surface area contributed by atoms with E-state index in [4.69, 9.17) is 4.74 Å². The third-order valence-electron chi connectivity index (χ3n) is 4.81.